The zero-order chi connectivity index (χ0) is 7.72. The van der Waals surface area contributed by atoms with Gasteiger partial charge in [0, 0.05) is 0 Å². The van der Waals surface area contributed by atoms with Crippen LogP contribution in [-0.4, -0.2) is 0 Å². The first-order valence-electron chi connectivity index (χ1n) is 3.73. The number of allylic oxidation sites excluding steroid dienone is 4. The topological polar surface area (TPSA) is 0 Å². The molecule has 0 fully saturated rings. The summed E-state index contributed by atoms with van der Waals surface area (Å²) in [4.78, 5) is 0. The van der Waals surface area contributed by atoms with E-state index in [0.717, 1.165) is 5.92 Å². The van der Waals surface area contributed by atoms with Crippen molar-refractivity contribution >= 4 is 24.8 Å². The smallest absolute Gasteiger partial charge is 0.147 e. The minimum Gasteiger partial charge on any atom is -0.147 e. The van der Waals surface area contributed by atoms with Gasteiger partial charge in [-0.3, -0.25) is 0 Å². The van der Waals surface area contributed by atoms with Crippen molar-refractivity contribution in [1.82, 2.24) is 0 Å². The van der Waals surface area contributed by atoms with Crippen molar-refractivity contribution in [1.29, 1.82) is 0 Å². The summed E-state index contributed by atoms with van der Waals surface area (Å²) in [7, 11) is 0. The Kier molecular flexibility index (Phi) is 8.21. The van der Waals surface area contributed by atoms with Gasteiger partial charge in [-0.1, -0.05) is 0 Å². The molecule has 0 amide bonds. The molecule has 0 aromatic rings. The molecule has 0 spiro atoms. The van der Waals surface area contributed by atoms with Crippen molar-refractivity contribution < 1.29 is 24.4 Å². The molecule has 0 nitrogen and oxygen atoms in total. The van der Waals surface area contributed by atoms with Gasteiger partial charge in [0.1, 0.15) is 0 Å². The monoisotopic (exact) mass is 373 g/mol. The van der Waals surface area contributed by atoms with Crippen molar-refractivity contribution in [3.63, 3.8) is 0 Å². The van der Waals surface area contributed by atoms with E-state index in [9.17, 15) is 0 Å². The van der Waals surface area contributed by atoms with Gasteiger partial charge in [-0.05, 0) is 0 Å². The Balaban J connectivity index is 0. The molecular formula is C9H15Cl2Hf. The molecular weight excluding hydrogens is 357 g/mol. The van der Waals surface area contributed by atoms with E-state index in [2.05, 4.69) is 26.8 Å². The van der Waals surface area contributed by atoms with Crippen LogP contribution in [0.2, 0.25) is 0 Å². The molecule has 0 aromatic heterocycles. The number of hydrogen-bond acceptors (Lipinski definition) is 0. The van der Waals surface area contributed by atoms with Gasteiger partial charge in [0.05, 0.1) is 0 Å². The maximum absolute atomic E-state index is 2.37. The summed E-state index contributed by atoms with van der Waals surface area (Å²) in [5, 5.41) is 0. The second kappa shape index (κ2) is 6.39. The molecule has 0 atom stereocenters. The zero-order valence-corrected chi connectivity index (χ0v) is 12.9. The molecule has 0 heterocycles. The molecule has 12 heavy (non-hydrogen) atoms. The van der Waals surface area contributed by atoms with Gasteiger partial charge >= 0.3 is 78.0 Å². The fraction of sp³-hybridized carbons (Fsp3) is 0.556. The number of hydrogen-bond donors (Lipinski definition) is 0. The Bertz CT molecular complexity index is 205. The van der Waals surface area contributed by atoms with Crippen LogP contribution in [-0.2, 0) is 24.4 Å². The molecule has 1 aliphatic carbocycles. The predicted molar refractivity (Wildman–Crippen MR) is 54.7 cm³/mol. The van der Waals surface area contributed by atoms with Crippen LogP contribution in [0, 0.1) is 5.92 Å². The Hall–Kier alpha value is 0.930. The largest absolute Gasteiger partial charge is 0.147 e. The molecule has 0 saturated carbocycles. The molecule has 0 unspecified atom stereocenters. The SMILES string of the molecule is CC1=[C]([Hf])CC(C(C)C)=C1.Cl.Cl. The second-order valence-corrected chi connectivity index (χ2v) is 5.38. The van der Waals surface area contributed by atoms with Gasteiger partial charge in [-0.2, -0.15) is 0 Å². The quantitative estimate of drug-likeness (QED) is 0.617. The van der Waals surface area contributed by atoms with E-state index in [0.29, 0.717) is 0 Å². The fourth-order valence-corrected chi connectivity index (χ4v) is 2.12. The van der Waals surface area contributed by atoms with Crippen LogP contribution in [0.15, 0.2) is 20.6 Å². The zero-order valence-electron chi connectivity index (χ0n) is 7.68. The van der Waals surface area contributed by atoms with Gasteiger partial charge in [0.15, 0.2) is 0 Å². The molecule has 0 bridgehead atoms. The summed E-state index contributed by atoms with van der Waals surface area (Å²) >= 11 is 1.25. The fourth-order valence-electron chi connectivity index (χ4n) is 1.13. The van der Waals surface area contributed by atoms with Crippen LogP contribution < -0.4 is 0 Å². The summed E-state index contributed by atoms with van der Waals surface area (Å²) in [5.74, 6) is 0.751. The van der Waals surface area contributed by atoms with E-state index >= 15 is 0 Å². The summed E-state index contributed by atoms with van der Waals surface area (Å²) in [6.45, 7) is 6.79. The summed E-state index contributed by atoms with van der Waals surface area (Å²) in [6.07, 6.45) is 3.64. The third kappa shape index (κ3) is 3.76. The van der Waals surface area contributed by atoms with Crippen molar-refractivity contribution in [2.45, 2.75) is 27.2 Å². The van der Waals surface area contributed by atoms with Crippen molar-refractivity contribution in [3.8, 4) is 0 Å². The van der Waals surface area contributed by atoms with Crippen LogP contribution in [0.4, 0.5) is 0 Å². The summed E-state index contributed by atoms with van der Waals surface area (Å²) in [6, 6.07) is 0. The average molecular weight is 373 g/mol. The Labute approximate surface area is 102 Å². The van der Waals surface area contributed by atoms with Crippen molar-refractivity contribution in [2.75, 3.05) is 0 Å². The van der Waals surface area contributed by atoms with Crippen molar-refractivity contribution in [3.05, 3.63) is 20.6 Å². The number of halogens is 2. The Morgan fingerprint density at radius 2 is 1.83 bits per heavy atom. The van der Waals surface area contributed by atoms with E-state index in [1.165, 1.54) is 36.4 Å². The normalized spacial score (nSPS) is 15.4. The van der Waals surface area contributed by atoms with Crippen molar-refractivity contribution in [2.24, 2.45) is 5.92 Å². The molecule has 1 aliphatic rings. The van der Waals surface area contributed by atoms with Gasteiger partial charge in [-0.25, -0.2) is 0 Å². The summed E-state index contributed by atoms with van der Waals surface area (Å²) in [5.41, 5.74) is 3.16. The maximum atomic E-state index is 2.37. The minimum atomic E-state index is 0. The summed E-state index contributed by atoms with van der Waals surface area (Å²) < 4.78 is 1.68. The van der Waals surface area contributed by atoms with E-state index in [4.69, 9.17) is 0 Å². The molecule has 0 radical (unpaired) electrons. The Morgan fingerprint density at radius 1 is 1.33 bits per heavy atom. The molecule has 0 N–H and O–H groups in total. The first-order chi connectivity index (χ1) is 4.61. The second-order valence-electron chi connectivity index (χ2n) is 3.21. The molecule has 0 saturated heterocycles. The van der Waals surface area contributed by atoms with Crippen LogP contribution in [0.5, 0.6) is 0 Å². The predicted octanol–water partition coefficient (Wildman–Crippen LogP) is 3.64. The molecule has 0 aromatic carbocycles. The van der Waals surface area contributed by atoms with Crippen LogP contribution >= 0.6 is 24.8 Å². The van der Waals surface area contributed by atoms with Gasteiger partial charge in [-0.15, -0.1) is 24.8 Å². The van der Waals surface area contributed by atoms with E-state index in [1.54, 1.807) is 8.90 Å². The van der Waals surface area contributed by atoms with E-state index in [-0.39, 0.29) is 24.8 Å². The first kappa shape index (κ1) is 15.4. The third-order valence-corrected chi connectivity index (χ3v) is 4.05. The third-order valence-electron chi connectivity index (χ3n) is 2.00. The van der Waals surface area contributed by atoms with E-state index < -0.39 is 0 Å². The first-order valence-corrected chi connectivity index (χ1v) is 5.52. The van der Waals surface area contributed by atoms with Gasteiger partial charge in [0.25, 0.3) is 0 Å². The Morgan fingerprint density at radius 3 is 2.00 bits per heavy atom. The molecule has 69 valence electrons. The molecule has 1 rings (SSSR count). The molecule has 0 aliphatic heterocycles. The van der Waals surface area contributed by atoms with Crippen LogP contribution in [0.3, 0.4) is 0 Å². The standard InChI is InChI=1S/C9H13.2ClH.Hf/c1-7(2)9-5-4-8(3)6-9;;;/h6-7H,5H2,1-3H3;2*1H;. The van der Waals surface area contributed by atoms with Crippen LogP contribution in [0.25, 0.3) is 0 Å². The van der Waals surface area contributed by atoms with E-state index in [1.807, 2.05) is 0 Å². The average Bonchev–Trinajstić information content (AvgIpc) is 2.13. The minimum absolute atomic E-state index is 0. The van der Waals surface area contributed by atoms with Gasteiger partial charge in [0.2, 0.25) is 0 Å². The van der Waals surface area contributed by atoms with Crippen LogP contribution in [0.1, 0.15) is 27.2 Å². The van der Waals surface area contributed by atoms with Gasteiger partial charge < -0.3 is 0 Å². The number of rotatable bonds is 1. The molecule has 3 heteroatoms. The maximum Gasteiger partial charge on any atom is -0.147 e.